The Bertz CT molecular complexity index is 5460. The Morgan fingerprint density at radius 3 is 0.938 bits per heavy atom. The molecule has 10 saturated carbocycles. The molecule has 3 heteroatoms. The minimum Gasteiger partial charge on any atom is -0.201 e. The van der Waals surface area contributed by atoms with E-state index >= 15 is 0 Å². The summed E-state index contributed by atoms with van der Waals surface area (Å²) >= 11 is 0. The van der Waals surface area contributed by atoms with Gasteiger partial charge in [0.25, 0.3) is 0 Å². The van der Waals surface area contributed by atoms with Crippen LogP contribution >= 0.6 is 0 Å². The van der Waals surface area contributed by atoms with Crippen LogP contribution in [-0.2, 0) is 21.1 Å². The van der Waals surface area contributed by atoms with Gasteiger partial charge in [0.2, 0.25) is 17.1 Å². The molecule has 113 heavy (non-hydrogen) atoms. The maximum atomic E-state index is 2.52. The predicted molar refractivity (Wildman–Crippen MR) is 473 cm³/mol. The van der Waals surface area contributed by atoms with Gasteiger partial charge in [0.15, 0.2) is 18.6 Å². The molecule has 0 amide bonds. The number of nitrogens with zero attached hydrogens (tertiary/aromatic N) is 3. The van der Waals surface area contributed by atoms with Crippen molar-refractivity contribution in [2.45, 2.75) is 242 Å². The summed E-state index contributed by atoms with van der Waals surface area (Å²) in [6.45, 7) is 6.69. The van der Waals surface area contributed by atoms with Gasteiger partial charge >= 0.3 is 0 Å². The standard InChI is InChI=1S/2C37H42N.C36H40N/c1-25-9-6-7-14-34(25)37-23-35(36(24-38(37)2)26-10-4-3-5-11-26)32-18-17-29-19-31(16-15-30(29)20-32)33-21-27-12-8-13-28(27)22-33;1-25-8-6-7-11-33(25)37-23-35(36(24-38(37)2)27-9-4-3-5-10-27)32-19-17-29-21-31(18-16-30(29)22-32)34-20-26-12-14-28(34)15-13-26;1-24-8-6-7-11-32(24)36-22-34(35(23-37(36)2)26-9-4-3-5-10-26)31-17-15-27-20-30(16-14-28(27)21-31)33-19-25-12-13-29(33)18-25/h6-7,9,14-20,23-24,26-28,33H,3-5,8,10-13,21-22H2,1-2H3;6-8,11,16-19,21-24,26-28,34H,3-5,9-10,12-15,20H2,1-2H3;6-8,11,14-17,20-23,25-26,29,33H,3-5,9-10,12-13,18-19H2,1-2H3/q3*+1. The van der Waals surface area contributed by atoms with Gasteiger partial charge in [-0.2, -0.15) is 0 Å². The Morgan fingerprint density at radius 2 is 0.575 bits per heavy atom. The summed E-state index contributed by atoms with van der Waals surface area (Å²) in [4.78, 5) is 0. The van der Waals surface area contributed by atoms with Gasteiger partial charge in [-0.1, -0.05) is 242 Å². The van der Waals surface area contributed by atoms with Crippen LogP contribution in [0.4, 0.5) is 0 Å². The molecule has 9 aromatic carbocycles. The van der Waals surface area contributed by atoms with Crippen molar-refractivity contribution in [3.8, 4) is 67.2 Å². The van der Waals surface area contributed by atoms with Gasteiger partial charge in [0, 0.05) is 51.6 Å². The topological polar surface area (TPSA) is 11.6 Å². The number of rotatable bonds is 12. The molecule has 3 heterocycles. The Labute approximate surface area is 676 Å². The second-order valence-electron chi connectivity index (χ2n) is 37.9. The predicted octanol–water partition coefficient (Wildman–Crippen LogP) is 28.6. The summed E-state index contributed by atoms with van der Waals surface area (Å²) in [7, 11) is 6.70. The summed E-state index contributed by atoms with van der Waals surface area (Å²) in [5, 5.41) is 8.36. The molecule has 10 aliphatic carbocycles. The summed E-state index contributed by atoms with van der Waals surface area (Å²) in [6, 6.07) is 77.8. The number of aromatic nitrogens is 3. The third-order valence-electron chi connectivity index (χ3n) is 30.9. The second kappa shape index (κ2) is 32.5. The van der Waals surface area contributed by atoms with Crippen LogP contribution in [-0.4, -0.2) is 0 Å². The molecule has 0 spiro atoms. The Kier molecular flexibility index (Phi) is 21.4. The van der Waals surface area contributed by atoms with Gasteiger partial charge in [0.05, 0.1) is 0 Å². The van der Waals surface area contributed by atoms with Gasteiger partial charge in [-0.3, -0.25) is 0 Å². The van der Waals surface area contributed by atoms with Crippen LogP contribution in [0.5, 0.6) is 0 Å². The van der Waals surface area contributed by atoms with Crippen molar-refractivity contribution in [3.63, 3.8) is 0 Å². The summed E-state index contributed by atoms with van der Waals surface area (Å²) in [5.74, 6) is 10.2. The number of hydrogen-bond acceptors (Lipinski definition) is 0. The van der Waals surface area contributed by atoms with Crippen LogP contribution in [0.25, 0.3) is 99.5 Å². The van der Waals surface area contributed by atoms with Gasteiger partial charge < -0.3 is 0 Å². The monoisotopic (exact) mass is 1490 g/mol. The molecular formula is C110H124N3+3. The first-order valence-electron chi connectivity index (χ1n) is 45.3. The largest absolute Gasteiger partial charge is 0.213 e. The molecule has 22 rings (SSSR count). The van der Waals surface area contributed by atoms with E-state index in [0.717, 1.165) is 53.3 Å². The van der Waals surface area contributed by atoms with Crippen LogP contribution < -0.4 is 13.7 Å². The molecule has 0 aliphatic heterocycles. The van der Waals surface area contributed by atoms with E-state index in [1.165, 1.54) is 313 Å². The molecule has 10 fully saturated rings. The first-order chi connectivity index (χ1) is 55.4. The van der Waals surface area contributed by atoms with Crippen molar-refractivity contribution in [1.29, 1.82) is 0 Å². The smallest absolute Gasteiger partial charge is 0.201 e. The molecule has 0 radical (unpaired) electrons. The van der Waals surface area contributed by atoms with E-state index in [9.17, 15) is 0 Å². The van der Waals surface area contributed by atoms with Crippen LogP contribution in [0.2, 0.25) is 0 Å². The highest BCUT2D eigenvalue weighted by atomic mass is 14.9. The number of aryl methyl sites for hydroxylation is 6. The first kappa shape index (κ1) is 74.3. The highest BCUT2D eigenvalue weighted by molar-refractivity contribution is 5.92. The molecule has 4 bridgehead atoms. The first-order valence-corrected chi connectivity index (χ1v) is 45.3. The lowest BCUT2D eigenvalue weighted by Gasteiger charge is -2.42. The van der Waals surface area contributed by atoms with E-state index < -0.39 is 0 Å². The van der Waals surface area contributed by atoms with E-state index in [1.807, 2.05) is 0 Å². The lowest BCUT2D eigenvalue weighted by atomic mass is 9.63. The maximum Gasteiger partial charge on any atom is 0.213 e. The van der Waals surface area contributed by atoms with Crippen molar-refractivity contribution in [1.82, 2.24) is 0 Å². The van der Waals surface area contributed by atoms with E-state index in [1.54, 1.807) is 22.3 Å². The fourth-order valence-corrected chi connectivity index (χ4v) is 24.6. The summed E-state index contributed by atoms with van der Waals surface area (Å²) < 4.78 is 7.12. The molecule has 6 atom stereocenters. The fraction of sp³-hybridized carbons (Fsp3) is 0.427. The van der Waals surface area contributed by atoms with Crippen molar-refractivity contribution in [2.24, 2.45) is 56.7 Å². The molecule has 3 nitrogen and oxygen atoms in total. The van der Waals surface area contributed by atoms with Crippen LogP contribution in [0.15, 0.2) is 219 Å². The Morgan fingerprint density at radius 1 is 0.239 bits per heavy atom. The third kappa shape index (κ3) is 15.3. The molecule has 0 saturated heterocycles. The molecular weight excluding hydrogens is 1360 g/mol. The minimum atomic E-state index is 0.663. The molecule has 6 unspecified atom stereocenters. The van der Waals surface area contributed by atoms with Gasteiger partial charge in [-0.15, -0.1) is 0 Å². The van der Waals surface area contributed by atoms with Crippen molar-refractivity contribution in [3.05, 3.63) is 269 Å². The lowest BCUT2D eigenvalue weighted by Crippen LogP contribution is -2.32. The van der Waals surface area contributed by atoms with Gasteiger partial charge in [-0.25, -0.2) is 13.7 Å². The zero-order valence-electron chi connectivity index (χ0n) is 69.1. The minimum absolute atomic E-state index is 0.663. The zero-order valence-corrected chi connectivity index (χ0v) is 69.1. The van der Waals surface area contributed by atoms with E-state index in [0.29, 0.717) is 17.8 Å². The molecule has 10 aliphatic rings. The SMILES string of the molecule is Cc1ccccc1-c1cc(-c2ccc3cc(C4CC5CCC4C5)ccc3c2)c(C2CCCCC2)c[n+]1C.Cc1ccccc1-c1cc(-c2ccc3cc(C4CC5CCC4CC5)ccc3c2)c(C2CCCCC2)c[n+]1C.Cc1ccccc1-c1cc(-c2ccc3cc(C4CC5CCCC5C4)ccc3c2)c(C2CCCCC2)c[n+]1C. The van der Waals surface area contributed by atoms with Gasteiger partial charge in [0.1, 0.15) is 21.1 Å². The van der Waals surface area contributed by atoms with Crippen molar-refractivity contribution >= 4 is 32.3 Å². The third-order valence-corrected chi connectivity index (χ3v) is 30.9. The number of fused-ring (bicyclic) bond motifs is 9. The number of benzene rings is 9. The van der Waals surface area contributed by atoms with E-state index in [4.69, 9.17) is 0 Å². The lowest BCUT2D eigenvalue weighted by molar-refractivity contribution is -0.660. The van der Waals surface area contributed by atoms with E-state index in [2.05, 4.69) is 274 Å². The number of pyridine rings is 3. The van der Waals surface area contributed by atoms with Crippen LogP contribution in [0, 0.1) is 56.3 Å². The summed E-state index contributed by atoms with van der Waals surface area (Å²) in [5.41, 5.74) is 29.7. The molecule has 576 valence electrons. The Hall–Kier alpha value is -8.79. The van der Waals surface area contributed by atoms with E-state index in [-0.39, 0.29) is 0 Å². The fourth-order valence-electron chi connectivity index (χ4n) is 24.6. The maximum absolute atomic E-state index is 2.52. The highest BCUT2D eigenvalue weighted by Gasteiger charge is 2.42. The van der Waals surface area contributed by atoms with Crippen LogP contribution in [0.3, 0.4) is 0 Å². The van der Waals surface area contributed by atoms with Crippen LogP contribution in [0.1, 0.15) is 272 Å². The Balaban J connectivity index is 0.000000114. The molecule has 0 N–H and O–H groups in total. The number of hydrogen-bond donors (Lipinski definition) is 0. The van der Waals surface area contributed by atoms with Crippen molar-refractivity contribution < 1.29 is 13.7 Å². The quantitative estimate of drug-likeness (QED) is 0.108. The molecule has 12 aromatic rings. The average Bonchev–Trinajstić information content (AvgIpc) is 0.789. The van der Waals surface area contributed by atoms with Gasteiger partial charge in [-0.05, 0) is 317 Å². The zero-order chi connectivity index (χ0) is 76.2. The highest BCUT2D eigenvalue weighted by Crippen LogP contribution is 2.55. The average molecular weight is 1490 g/mol. The molecule has 3 aromatic heterocycles. The van der Waals surface area contributed by atoms with Crippen molar-refractivity contribution in [2.75, 3.05) is 0 Å². The summed E-state index contributed by atoms with van der Waals surface area (Å²) in [6.07, 6.45) is 47.9. The second-order valence-corrected chi connectivity index (χ2v) is 37.9. The normalized spacial score (nSPS) is 23.7.